The standard InChI is InChI=1S/C29H38N4O3/c1-20(2)21-10-12-22(13-11-21)29(35,27(3)18-33(5)19-27)23-16-24(32-30-17-23)14-15-28(4,34)25-8-7-9-26(31-25)36-6/h7-13,16-17,20,34-35H,14-15,18-19H2,1-6H3/t28?,29-/m0/s1. The van der Waals surface area contributed by atoms with Crippen LogP contribution in [-0.2, 0) is 17.6 Å². The summed E-state index contributed by atoms with van der Waals surface area (Å²) in [6.45, 7) is 9.73. The first kappa shape index (κ1) is 26.2. The summed E-state index contributed by atoms with van der Waals surface area (Å²) in [6, 6.07) is 15.6. The van der Waals surface area contributed by atoms with E-state index >= 15 is 0 Å². The maximum atomic E-state index is 12.4. The lowest BCUT2D eigenvalue weighted by molar-refractivity contribution is -0.127. The molecule has 0 amide bonds. The predicted octanol–water partition coefficient (Wildman–Crippen LogP) is 4.03. The van der Waals surface area contributed by atoms with Crippen LogP contribution in [0.4, 0.5) is 0 Å². The van der Waals surface area contributed by atoms with Crippen LogP contribution < -0.4 is 4.74 Å². The molecule has 0 spiro atoms. The molecule has 3 heterocycles. The predicted molar refractivity (Wildman–Crippen MR) is 140 cm³/mol. The largest absolute Gasteiger partial charge is 0.481 e. The molecule has 0 radical (unpaired) electrons. The van der Waals surface area contributed by atoms with Gasteiger partial charge >= 0.3 is 0 Å². The van der Waals surface area contributed by atoms with Crippen LogP contribution in [0.2, 0.25) is 0 Å². The van der Waals surface area contributed by atoms with Crippen LogP contribution in [0.5, 0.6) is 5.88 Å². The van der Waals surface area contributed by atoms with Gasteiger partial charge in [-0.05, 0) is 56.0 Å². The van der Waals surface area contributed by atoms with Crippen molar-refractivity contribution in [2.75, 3.05) is 27.2 Å². The van der Waals surface area contributed by atoms with Crippen molar-refractivity contribution >= 4 is 0 Å². The summed E-state index contributed by atoms with van der Waals surface area (Å²) >= 11 is 0. The molecular formula is C29H38N4O3. The number of aryl methyl sites for hydroxylation is 1. The van der Waals surface area contributed by atoms with Crippen molar-refractivity contribution in [1.82, 2.24) is 20.1 Å². The molecule has 2 N–H and O–H groups in total. The highest BCUT2D eigenvalue weighted by Gasteiger charge is 2.55. The summed E-state index contributed by atoms with van der Waals surface area (Å²) in [4.78, 5) is 6.61. The molecule has 2 atom stereocenters. The molecule has 1 aliphatic heterocycles. The quantitative estimate of drug-likeness (QED) is 0.468. The number of benzene rings is 1. The second-order valence-corrected chi connectivity index (χ2v) is 11.0. The van der Waals surface area contributed by atoms with Crippen LogP contribution in [0.1, 0.15) is 68.1 Å². The molecule has 1 aliphatic rings. The molecule has 1 unspecified atom stereocenters. The van der Waals surface area contributed by atoms with E-state index in [1.54, 1.807) is 32.4 Å². The van der Waals surface area contributed by atoms with Crippen molar-refractivity contribution in [1.29, 1.82) is 0 Å². The van der Waals surface area contributed by atoms with Crippen LogP contribution in [0.3, 0.4) is 0 Å². The number of hydrogen-bond acceptors (Lipinski definition) is 7. The van der Waals surface area contributed by atoms with Gasteiger partial charge in [-0.1, -0.05) is 51.1 Å². The molecule has 0 aliphatic carbocycles. The smallest absolute Gasteiger partial charge is 0.213 e. The molecule has 1 aromatic carbocycles. The van der Waals surface area contributed by atoms with Gasteiger partial charge in [0, 0.05) is 30.1 Å². The van der Waals surface area contributed by atoms with Gasteiger partial charge in [0.1, 0.15) is 11.2 Å². The number of likely N-dealkylation sites (tertiary alicyclic amines) is 1. The van der Waals surface area contributed by atoms with E-state index in [9.17, 15) is 10.2 Å². The first-order valence-corrected chi connectivity index (χ1v) is 12.6. The Labute approximate surface area is 214 Å². The molecular weight excluding hydrogens is 452 g/mol. The van der Waals surface area contributed by atoms with Crippen molar-refractivity contribution in [2.45, 2.75) is 57.7 Å². The van der Waals surface area contributed by atoms with Crippen molar-refractivity contribution in [3.8, 4) is 5.88 Å². The van der Waals surface area contributed by atoms with Crippen LogP contribution in [0.15, 0.2) is 54.7 Å². The van der Waals surface area contributed by atoms with Gasteiger partial charge in [-0.25, -0.2) is 4.98 Å². The Hall–Kier alpha value is -2.87. The van der Waals surface area contributed by atoms with E-state index in [1.165, 1.54) is 5.56 Å². The molecule has 0 bridgehead atoms. The third kappa shape index (κ3) is 4.88. The summed E-state index contributed by atoms with van der Waals surface area (Å²) < 4.78 is 5.21. The number of nitrogens with zero attached hydrogens (tertiary/aromatic N) is 4. The summed E-state index contributed by atoms with van der Waals surface area (Å²) in [5.41, 5.74) is 1.29. The van der Waals surface area contributed by atoms with E-state index < -0.39 is 11.2 Å². The fourth-order valence-electron chi connectivity index (χ4n) is 5.41. The molecule has 4 rings (SSSR count). The molecule has 2 aromatic heterocycles. The molecule has 3 aromatic rings. The number of methoxy groups -OCH3 is 1. The highest BCUT2D eigenvalue weighted by Crippen LogP contribution is 2.50. The van der Waals surface area contributed by atoms with Crippen molar-refractivity contribution in [3.63, 3.8) is 0 Å². The van der Waals surface area contributed by atoms with E-state index in [-0.39, 0.29) is 5.41 Å². The molecule has 7 nitrogen and oxygen atoms in total. The number of hydrogen-bond donors (Lipinski definition) is 2. The molecule has 7 heteroatoms. The monoisotopic (exact) mass is 490 g/mol. The normalized spacial score (nSPS) is 18.8. The zero-order valence-corrected chi connectivity index (χ0v) is 22.2. The van der Waals surface area contributed by atoms with E-state index in [4.69, 9.17) is 4.74 Å². The Bertz CT molecular complexity index is 1190. The second-order valence-electron chi connectivity index (χ2n) is 11.0. The van der Waals surface area contributed by atoms with Gasteiger partial charge in [-0.3, -0.25) is 0 Å². The zero-order chi connectivity index (χ0) is 26.1. The number of pyridine rings is 1. The van der Waals surface area contributed by atoms with E-state index in [1.807, 2.05) is 24.3 Å². The van der Waals surface area contributed by atoms with Crippen LogP contribution >= 0.6 is 0 Å². The third-order valence-electron chi connectivity index (χ3n) is 7.58. The van der Waals surface area contributed by atoms with Crippen LogP contribution in [0, 0.1) is 5.41 Å². The Morgan fingerprint density at radius 3 is 2.39 bits per heavy atom. The van der Waals surface area contributed by atoms with Gasteiger partial charge in [0.05, 0.1) is 24.7 Å². The van der Waals surface area contributed by atoms with Gasteiger partial charge in [-0.15, -0.1) is 0 Å². The third-order valence-corrected chi connectivity index (χ3v) is 7.58. The summed E-state index contributed by atoms with van der Waals surface area (Å²) in [6.07, 6.45) is 2.55. The number of rotatable bonds is 9. The Balaban J connectivity index is 1.64. The maximum absolute atomic E-state index is 12.4. The van der Waals surface area contributed by atoms with Crippen molar-refractivity contribution in [2.24, 2.45) is 5.41 Å². The average Bonchev–Trinajstić information content (AvgIpc) is 2.86. The minimum Gasteiger partial charge on any atom is -0.481 e. The number of ether oxygens (including phenoxy) is 1. The van der Waals surface area contributed by atoms with E-state index in [0.29, 0.717) is 36.0 Å². The SMILES string of the molecule is COc1cccc(C(C)(O)CCc2cc([C@@](O)(c3ccc(C(C)C)cc3)C3(C)CN(C)C3)cnn2)n1. The highest BCUT2D eigenvalue weighted by molar-refractivity contribution is 5.41. The molecule has 192 valence electrons. The molecule has 1 fully saturated rings. The minimum atomic E-state index is -1.23. The number of aliphatic hydroxyl groups is 2. The number of aromatic nitrogens is 3. The van der Waals surface area contributed by atoms with Gasteiger partial charge in [-0.2, -0.15) is 10.2 Å². The lowest BCUT2D eigenvalue weighted by atomic mass is 9.62. The maximum Gasteiger partial charge on any atom is 0.213 e. The summed E-state index contributed by atoms with van der Waals surface area (Å²) in [5.74, 6) is 0.875. The average molecular weight is 491 g/mol. The first-order valence-electron chi connectivity index (χ1n) is 12.6. The van der Waals surface area contributed by atoms with Gasteiger partial charge < -0.3 is 19.8 Å². The van der Waals surface area contributed by atoms with Crippen molar-refractivity contribution < 1.29 is 14.9 Å². The topological polar surface area (TPSA) is 91.6 Å². The van der Waals surface area contributed by atoms with E-state index in [0.717, 1.165) is 24.2 Å². The van der Waals surface area contributed by atoms with Crippen LogP contribution in [-0.4, -0.2) is 57.5 Å². The lowest BCUT2D eigenvalue weighted by Crippen LogP contribution is -2.63. The van der Waals surface area contributed by atoms with Crippen molar-refractivity contribution in [3.05, 3.63) is 82.8 Å². The molecule has 36 heavy (non-hydrogen) atoms. The second kappa shape index (κ2) is 9.88. The minimum absolute atomic E-state index is 0.378. The Morgan fingerprint density at radius 1 is 1.08 bits per heavy atom. The Morgan fingerprint density at radius 2 is 1.78 bits per heavy atom. The first-order chi connectivity index (χ1) is 17.0. The van der Waals surface area contributed by atoms with Crippen LogP contribution in [0.25, 0.3) is 0 Å². The zero-order valence-electron chi connectivity index (χ0n) is 22.2. The highest BCUT2D eigenvalue weighted by atomic mass is 16.5. The Kier molecular flexibility index (Phi) is 7.19. The summed E-state index contributed by atoms with van der Waals surface area (Å²) in [7, 11) is 3.62. The van der Waals surface area contributed by atoms with Gasteiger partial charge in [0.15, 0.2) is 0 Å². The molecule has 0 saturated carbocycles. The fraction of sp³-hybridized carbons (Fsp3) is 0.483. The van der Waals surface area contributed by atoms with Gasteiger partial charge in [0.25, 0.3) is 0 Å². The summed E-state index contributed by atoms with van der Waals surface area (Å²) in [5, 5.41) is 32.1. The van der Waals surface area contributed by atoms with E-state index in [2.05, 4.69) is 60.0 Å². The fourth-order valence-corrected chi connectivity index (χ4v) is 5.41. The molecule has 1 saturated heterocycles. The lowest BCUT2D eigenvalue weighted by Gasteiger charge is -2.55. The van der Waals surface area contributed by atoms with Gasteiger partial charge in [0.2, 0.25) is 5.88 Å².